The van der Waals surface area contributed by atoms with Gasteiger partial charge in [0.25, 0.3) is 0 Å². The predicted octanol–water partition coefficient (Wildman–Crippen LogP) is 32.9. The first-order chi connectivity index (χ1) is 68.5. The fourth-order valence-corrected chi connectivity index (χ4v) is 20.9. The Labute approximate surface area is 795 Å². The smallest absolute Gasteiger partial charge is 0.160 e. The van der Waals surface area contributed by atoms with Gasteiger partial charge in [0.2, 0.25) is 0 Å². The molecule has 0 aliphatic carbocycles. The number of rotatable bonds is 13. The summed E-state index contributed by atoms with van der Waals surface area (Å²) in [6.07, 6.45) is 0. The zero-order valence-corrected chi connectivity index (χ0v) is 75.0. The topological polar surface area (TPSA) is 81.1 Å². The third-order valence-electron chi connectivity index (χ3n) is 27.1. The lowest BCUT2D eigenvalue weighted by molar-refractivity contribution is 1.12. The maximum Gasteiger partial charge on any atom is 0.160 e. The summed E-state index contributed by atoms with van der Waals surface area (Å²) in [5.41, 5.74) is 33.0. The minimum atomic E-state index is 0.676. The van der Waals surface area contributed by atoms with Crippen LogP contribution in [0, 0.1) is 0 Å². The van der Waals surface area contributed by atoms with Crippen molar-refractivity contribution in [1.82, 2.24) is 47.3 Å². The lowest BCUT2D eigenvalue weighted by Crippen LogP contribution is -2.02. The van der Waals surface area contributed by atoms with E-state index in [9.17, 15) is 0 Å². The molecule has 10 heteroatoms. The van der Waals surface area contributed by atoms with Gasteiger partial charge in [-0.1, -0.05) is 364 Å². The summed E-state index contributed by atoms with van der Waals surface area (Å²) in [7, 11) is 0. The molecule has 8 heterocycles. The normalized spacial score (nSPS) is 11.6. The monoisotopic (exact) mass is 1760 g/mol. The highest BCUT2D eigenvalue weighted by atomic mass is 15.0. The Bertz CT molecular complexity index is 8880. The molecule has 646 valence electrons. The first-order valence-corrected chi connectivity index (χ1v) is 46.9. The summed E-state index contributed by atoms with van der Waals surface area (Å²) in [4.78, 5) is 20.4. The van der Waals surface area contributed by atoms with Crippen molar-refractivity contribution in [1.29, 1.82) is 0 Å². The summed E-state index contributed by atoms with van der Waals surface area (Å²) in [6.45, 7) is 0. The standard InChI is InChI=1S/C48H31N3.C46H30N4.C34H23N3/c1-7-19-43-37(13-1)38-14-2-8-20-44(38)49(43)34-27-25-32(26-28-34)33-29-35(50-45-21-9-3-15-39(45)40-16-4-10-22-46(40)50)31-36(30-33)51-47-23-11-5-17-41(47)42-18-6-12-24-48(42)51;1-3-15-31(16-4-1)40-30-41(32-17-5-2-6-18-32)48-46(47-40)33-27-34(49-42-23-11-7-19-36(42)37-20-8-12-24-43(37)49)29-35(28-33)50-44-25-13-9-21-38(44)39-22-10-14-26-45(39)50;1-3-11-24(12-4-1)30-23-31(36-34(35-30)26-13-5-2-6-14-26)25-19-21-27(22-20-25)37-32-17-9-7-15-28(32)29-16-8-10-18-33(29)37/h1-31H;1-30H;1-23H. The molecule has 20 aromatic carbocycles. The van der Waals surface area contributed by atoms with Crippen LogP contribution in [0.4, 0.5) is 0 Å². The Hall–Kier alpha value is -18.6. The molecule has 28 aromatic rings. The van der Waals surface area contributed by atoms with Crippen molar-refractivity contribution >= 4 is 131 Å². The lowest BCUT2D eigenvalue weighted by Gasteiger charge is -2.16. The molecule has 0 fully saturated rings. The lowest BCUT2D eigenvalue weighted by atomic mass is 10.0. The van der Waals surface area contributed by atoms with Gasteiger partial charge in [-0.05, 0) is 157 Å². The Balaban J connectivity index is 0.000000109. The van der Waals surface area contributed by atoms with Gasteiger partial charge in [-0.25, -0.2) is 19.9 Å². The summed E-state index contributed by atoms with van der Waals surface area (Å²) in [5.74, 6) is 1.40. The largest absolute Gasteiger partial charge is 0.309 e. The van der Waals surface area contributed by atoms with Gasteiger partial charge in [0.15, 0.2) is 11.6 Å². The molecule has 0 saturated heterocycles. The van der Waals surface area contributed by atoms with Crippen LogP contribution in [0.15, 0.2) is 510 Å². The maximum atomic E-state index is 5.26. The van der Waals surface area contributed by atoms with E-state index in [-0.39, 0.29) is 0 Å². The zero-order chi connectivity index (χ0) is 91.1. The van der Waals surface area contributed by atoms with E-state index in [1.165, 1.54) is 120 Å². The molecule has 0 aliphatic heterocycles. The molecule has 0 saturated carbocycles. The summed E-state index contributed by atoms with van der Waals surface area (Å²) < 4.78 is 14.3. The Kier molecular flexibility index (Phi) is 19.7. The van der Waals surface area contributed by atoms with E-state index in [2.05, 4.69) is 488 Å². The second-order valence-corrected chi connectivity index (χ2v) is 35.2. The molecule has 0 unspecified atom stereocenters. The van der Waals surface area contributed by atoms with E-state index in [1.807, 2.05) is 48.5 Å². The molecule has 0 aliphatic rings. The number of hydrogen-bond acceptors (Lipinski definition) is 4. The third kappa shape index (κ3) is 14.0. The second-order valence-electron chi connectivity index (χ2n) is 35.2. The minimum absolute atomic E-state index is 0.676. The first kappa shape index (κ1) is 80.2. The van der Waals surface area contributed by atoms with Crippen LogP contribution in [0.25, 0.3) is 244 Å². The average molecular weight is 1760 g/mol. The van der Waals surface area contributed by atoms with Crippen LogP contribution >= 0.6 is 0 Å². The molecule has 28 rings (SSSR count). The van der Waals surface area contributed by atoms with Crippen LogP contribution in [0.2, 0.25) is 0 Å². The van der Waals surface area contributed by atoms with Gasteiger partial charge in [-0.3, -0.25) is 0 Å². The van der Waals surface area contributed by atoms with E-state index in [1.54, 1.807) is 0 Å². The van der Waals surface area contributed by atoms with Crippen molar-refractivity contribution in [3.8, 4) is 113 Å². The second kappa shape index (κ2) is 33.9. The Morgan fingerprint density at radius 2 is 0.275 bits per heavy atom. The molecule has 0 amide bonds. The third-order valence-corrected chi connectivity index (χ3v) is 27.1. The molecule has 0 N–H and O–H groups in total. The molecular formula is C128H84N10. The van der Waals surface area contributed by atoms with E-state index >= 15 is 0 Å². The number of para-hydroxylation sites is 12. The molecular weight excluding hydrogens is 1680 g/mol. The molecule has 8 aromatic heterocycles. The molecule has 10 nitrogen and oxygen atoms in total. The fourth-order valence-electron chi connectivity index (χ4n) is 20.9. The van der Waals surface area contributed by atoms with Crippen molar-refractivity contribution in [2.75, 3.05) is 0 Å². The highest BCUT2D eigenvalue weighted by Crippen LogP contribution is 2.44. The van der Waals surface area contributed by atoms with E-state index in [4.69, 9.17) is 19.9 Å². The number of fused-ring (bicyclic) bond motifs is 18. The van der Waals surface area contributed by atoms with Gasteiger partial charge < -0.3 is 27.4 Å². The zero-order valence-electron chi connectivity index (χ0n) is 75.0. The minimum Gasteiger partial charge on any atom is -0.309 e. The predicted molar refractivity (Wildman–Crippen MR) is 575 cm³/mol. The van der Waals surface area contributed by atoms with Crippen LogP contribution in [-0.2, 0) is 0 Å². The highest BCUT2D eigenvalue weighted by Gasteiger charge is 2.24. The quantitative estimate of drug-likeness (QED) is 0.115. The summed E-state index contributed by atoms with van der Waals surface area (Å²) >= 11 is 0. The number of nitrogens with zero attached hydrogens (tertiary/aromatic N) is 10. The molecule has 138 heavy (non-hydrogen) atoms. The van der Waals surface area contributed by atoms with E-state index < -0.39 is 0 Å². The van der Waals surface area contributed by atoms with E-state index in [0.29, 0.717) is 5.82 Å². The van der Waals surface area contributed by atoms with Crippen LogP contribution < -0.4 is 0 Å². The Morgan fingerprint density at radius 1 is 0.109 bits per heavy atom. The number of hydrogen-bond donors (Lipinski definition) is 0. The van der Waals surface area contributed by atoms with Crippen LogP contribution in [0.1, 0.15) is 0 Å². The van der Waals surface area contributed by atoms with Crippen molar-refractivity contribution in [2.24, 2.45) is 0 Å². The number of benzene rings is 20. The van der Waals surface area contributed by atoms with Gasteiger partial charge >= 0.3 is 0 Å². The molecule has 0 bridgehead atoms. The van der Waals surface area contributed by atoms with Gasteiger partial charge in [0.1, 0.15) is 0 Å². The van der Waals surface area contributed by atoms with Crippen molar-refractivity contribution < 1.29 is 0 Å². The molecule has 0 radical (unpaired) electrons. The molecule has 0 atom stereocenters. The maximum absolute atomic E-state index is 5.26. The number of aromatic nitrogens is 10. The summed E-state index contributed by atoms with van der Waals surface area (Å²) in [5, 5.41) is 15.0. The van der Waals surface area contributed by atoms with Crippen LogP contribution in [-0.4, -0.2) is 47.3 Å². The van der Waals surface area contributed by atoms with Gasteiger partial charge in [-0.15, -0.1) is 0 Å². The Morgan fingerprint density at radius 3 is 0.500 bits per heavy atom. The average Bonchev–Trinajstić information content (AvgIpc) is 1.59. The van der Waals surface area contributed by atoms with Crippen molar-refractivity contribution in [2.45, 2.75) is 0 Å². The first-order valence-electron chi connectivity index (χ1n) is 46.9. The SMILES string of the molecule is c1ccc(-c2cc(-c3ccc(-n4c5ccccc5c5ccccc54)cc3)nc(-c3ccccc3)n2)cc1.c1ccc(-c2cc(-c3ccccc3)nc(-c3cc(-n4c5ccccc5c5ccccc54)cc(-n4c5ccccc5c5ccccc54)c3)n2)cc1.c1ccc2c(c1)c1ccccc1n2-c1ccc(-c2cc(-n3c4ccccc4c4ccccc43)cc(-n3c4ccccc4c4ccccc43)c2)cc1. The molecule has 0 spiro atoms. The van der Waals surface area contributed by atoms with Crippen molar-refractivity contribution in [3.05, 3.63) is 510 Å². The highest BCUT2D eigenvalue weighted by molar-refractivity contribution is 6.15. The van der Waals surface area contributed by atoms with E-state index in [0.717, 1.165) is 118 Å². The van der Waals surface area contributed by atoms with Gasteiger partial charge in [-0.2, -0.15) is 0 Å². The van der Waals surface area contributed by atoms with Gasteiger partial charge in [0, 0.05) is 132 Å². The summed E-state index contributed by atoms with van der Waals surface area (Å²) in [6, 6.07) is 181. The fraction of sp³-hybridized carbons (Fsp3) is 0. The van der Waals surface area contributed by atoms with Crippen LogP contribution in [0.5, 0.6) is 0 Å². The van der Waals surface area contributed by atoms with Crippen LogP contribution in [0.3, 0.4) is 0 Å². The van der Waals surface area contributed by atoms with Crippen molar-refractivity contribution in [3.63, 3.8) is 0 Å². The van der Waals surface area contributed by atoms with Gasteiger partial charge in [0.05, 0.1) is 89.0 Å².